The van der Waals surface area contributed by atoms with Crippen molar-refractivity contribution in [2.75, 3.05) is 6.61 Å². The lowest BCUT2D eigenvalue weighted by molar-refractivity contribution is -0.275. The lowest BCUT2D eigenvalue weighted by Gasteiger charge is -2.16. The molecule has 0 amide bonds. The molecule has 0 aliphatic heterocycles. The van der Waals surface area contributed by atoms with Crippen LogP contribution in [0.5, 0.6) is 5.75 Å². The molecule has 1 aromatic rings. The predicted molar refractivity (Wildman–Crippen MR) is 58.2 cm³/mol. The molecule has 6 heteroatoms. The van der Waals surface area contributed by atoms with Crippen molar-refractivity contribution < 1.29 is 27.4 Å². The van der Waals surface area contributed by atoms with Gasteiger partial charge in [0.1, 0.15) is 5.75 Å². The van der Waals surface area contributed by atoms with Crippen molar-refractivity contribution >= 4 is 5.97 Å². The van der Waals surface area contributed by atoms with Crippen molar-refractivity contribution in [3.8, 4) is 5.75 Å². The summed E-state index contributed by atoms with van der Waals surface area (Å²) in [6.07, 6.45) is -4.79. The normalized spacial score (nSPS) is 12.9. The zero-order valence-electron chi connectivity index (χ0n) is 9.95. The first-order chi connectivity index (χ1) is 8.35. The summed E-state index contributed by atoms with van der Waals surface area (Å²) in [6.45, 7) is 3.27. The van der Waals surface area contributed by atoms with Crippen LogP contribution in [0.1, 0.15) is 25.3 Å². The Morgan fingerprint density at radius 2 is 1.94 bits per heavy atom. The molecule has 0 fully saturated rings. The Morgan fingerprint density at radius 3 is 2.50 bits per heavy atom. The van der Waals surface area contributed by atoms with E-state index >= 15 is 0 Å². The fourth-order valence-corrected chi connectivity index (χ4v) is 1.45. The Labute approximate surface area is 103 Å². The quantitative estimate of drug-likeness (QED) is 0.781. The Bertz CT molecular complexity index is 415. The van der Waals surface area contributed by atoms with E-state index in [9.17, 15) is 18.0 Å². The van der Waals surface area contributed by atoms with Crippen LogP contribution in [0.3, 0.4) is 0 Å². The number of carbonyl (C=O) groups is 1. The van der Waals surface area contributed by atoms with Gasteiger partial charge in [-0.25, -0.2) is 0 Å². The molecular formula is C12H13F3O3. The van der Waals surface area contributed by atoms with Crippen molar-refractivity contribution in [3.05, 3.63) is 29.8 Å². The molecule has 1 unspecified atom stereocenters. The maximum atomic E-state index is 12.2. The molecule has 0 spiro atoms. The van der Waals surface area contributed by atoms with Gasteiger partial charge < -0.3 is 9.47 Å². The molecule has 0 bridgehead atoms. The fraction of sp³-hybridized carbons (Fsp3) is 0.417. The van der Waals surface area contributed by atoms with Gasteiger partial charge in [-0.1, -0.05) is 18.2 Å². The SMILES string of the molecule is CCOC(=O)C(C)c1ccccc1OC(F)(F)F. The average molecular weight is 262 g/mol. The van der Waals surface area contributed by atoms with Crippen LogP contribution in [0.2, 0.25) is 0 Å². The Hall–Kier alpha value is -1.72. The van der Waals surface area contributed by atoms with Gasteiger partial charge in [0.2, 0.25) is 0 Å². The van der Waals surface area contributed by atoms with E-state index in [4.69, 9.17) is 4.74 Å². The zero-order valence-corrected chi connectivity index (χ0v) is 9.95. The topological polar surface area (TPSA) is 35.5 Å². The van der Waals surface area contributed by atoms with Gasteiger partial charge in [-0.2, -0.15) is 0 Å². The van der Waals surface area contributed by atoms with E-state index in [2.05, 4.69) is 4.74 Å². The van der Waals surface area contributed by atoms with Crippen molar-refractivity contribution in [2.24, 2.45) is 0 Å². The van der Waals surface area contributed by atoms with E-state index in [1.165, 1.54) is 31.2 Å². The molecule has 0 radical (unpaired) electrons. The number of hydrogen-bond acceptors (Lipinski definition) is 3. The molecule has 3 nitrogen and oxygen atoms in total. The summed E-state index contributed by atoms with van der Waals surface area (Å²) < 4.78 is 45.2. The third kappa shape index (κ3) is 3.94. The molecular weight excluding hydrogens is 249 g/mol. The number of ether oxygens (including phenoxy) is 2. The summed E-state index contributed by atoms with van der Waals surface area (Å²) >= 11 is 0. The highest BCUT2D eigenvalue weighted by Crippen LogP contribution is 2.31. The fourth-order valence-electron chi connectivity index (χ4n) is 1.45. The molecule has 0 heterocycles. The average Bonchev–Trinajstić information content (AvgIpc) is 2.27. The lowest BCUT2D eigenvalue weighted by atomic mass is 10.0. The molecule has 0 aromatic heterocycles. The van der Waals surface area contributed by atoms with Crippen LogP contribution in [0.4, 0.5) is 13.2 Å². The summed E-state index contributed by atoms with van der Waals surface area (Å²) in [4.78, 5) is 11.5. The number of para-hydroxylation sites is 1. The maximum absolute atomic E-state index is 12.2. The van der Waals surface area contributed by atoms with Gasteiger partial charge in [0, 0.05) is 5.56 Å². The molecule has 0 saturated heterocycles. The molecule has 1 aromatic carbocycles. The number of alkyl halides is 3. The predicted octanol–water partition coefficient (Wildman–Crippen LogP) is 3.25. The van der Waals surface area contributed by atoms with Crippen LogP contribution in [-0.2, 0) is 9.53 Å². The van der Waals surface area contributed by atoms with Gasteiger partial charge in [0.25, 0.3) is 0 Å². The summed E-state index contributed by atoms with van der Waals surface area (Å²) in [6, 6.07) is 5.51. The molecule has 18 heavy (non-hydrogen) atoms. The van der Waals surface area contributed by atoms with Gasteiger partial charge in [0.15, 0.2) is 0 Å². The zero-order chi connectivity index (χ0) is 13.8. The second kappa shape index (κ2) is 5.75. The number of carbonyl (C=O) groups excluding carboxylic acids is 1. The molecule has 1 atom stereocenters. The molecule has 0 N–H and O–H groups in total. The highest BCUT2D eigenvalue weighted by Gasteiger charge is 2.33. The van der Waals surface area contributed by atoms with Gasteiger partial charge in [-0.05, 0) is 19.9 Å². The first kappa shape index (κ1) is 14.3. The first-order valence-corrected chi connectivity index (χ1v) is 5.36. The minimum atomic E-state index is -4.79. The Balaban J connectivity index is 2.98. The summed E-state index contributed by atoms with van der Waals surface area (Å²) in [7, 11) is 0. The second-order valence-corrected chi connectivity index (χ2v) is 3.56. The summed E-state index contributed by atoms with van der Waals surface area (Å²) in [5.41, 5.74) is 0.147. The molecule has 100 valence electrons. The van der Waals surface area contributed by atoms with E-state index < -0.39 is 18.2 Å². The number of halogens is 3. The largest absolute Gasteiger partial charge is 0.573 e. The summed E-state index contributed by atoms with van der Waals surface area (Å²) in [5.74, 6) is -1.79. The molecule has 1 rings (SSSR count). The van der Waals surface area contributed by atoms with Crippen LogP contribution in [0.25, 0.3) is 0 Å². The Kier molecular flexibility index (Phi) is 4.58. The first-order valence-electron chi connectivity index (χ1n) is 5.36. The second-order valence-electron chi connectivity index (χ2n) is 3.56. The van der Waals surface area contributed by atoms with E-state index in [0.29, 0.717) is 0 Å². The van der Waals surface area contributed by atoms with Crippen LogP contribution < -0.4 is 4.74 Å². The van der Waals surface area contributed by atoms with Crippen molar-refractivity contribution in [1.29, 1.82) is 0 Å². The molecule has 0 aliphatic rings. The highest BCUT2D eigenvalue weighted by molar-refractivity contribution is 5.78. The third-order valence-corrected chi connectivity index (χ3v) is 2.25. The number of esters is 1. The van der Waals surface area contributed by atoms with E-state index in [-0.39, 0.29) is 17.9 Å². The van der Waals surface area contributed by atoms with Gasteiger partial charge in [-0.15, -0.1) is 13.2 Å². The monoisotopic (exact) mass is 262 g/mol. The number of benzene rings is 1. The van der Waals surface area contributed by atoms with Gasteiger partial charge in [0.05, 0.1) is 12.5 Å². The van der Waals surface area contributed by atoms with Crippen molar-refractivity contribution in [2.45, 2.75) is 26.1 Å². The smallest absolute Gasteiger partial charge is 0.466 e. The van der Waals surface area contributed by atoms with E-state index in [0.717, 1.165) is 0 Å². The van der Waals surface area contributed by atoms with Gasteiger partial charge >= 0.3 is 12.3 Å². The highest BCUT2D eigenvalue weighted by atomic mass is 19.4. The molecule has 0 aliphatic carbocycles. The minimum Gasteiger partial charge on any atom is -0.466 e. The summed E-state index contributed by atoms with van der Waals surface area (Å²) in [5, 5.41) is 0. The van der Waals surface area contributed by atoms with Crippen LogP contribution in [0.15, 0.2) is 24.3 Å². The number of hydrogen-bond donors (Lipinski definition) is 0. The lowest BCUT2D eigenvalue weighted by Crippen LogP contribution is -2.20. The van der Waals surface area contributed by atoms with Crippen LogP contribution >= 0.6 is 0 Å². The van der Waals surface area contributed by atoms with Crippen molar-refractivity contribution in [1.82, 2.24) is 0 Å². The number of rotatable bonds is 4. The minimum absolute atomic E-state index is 0.147. The van der Waals surface area contributed by atoms with E-state index in [1.807, 2.05) is 0 Å². The molecule has 0 saturated carbocycles. The van der Waals surface area contributed by atoms with Crippen molar-refractivity contribution in [3.63, 3.8) is 0 Å². The Morgan fingerprint density at radius 1 is 1.33 bits per heavy atom. The van der Waals surface area contributed by atoms with Crippen LogP contribution in [0, 0.1) is 0 Å². The third-order valence-electron chi connectivity index (χ3n) is 2.25. The maximum Gasteiger partial charge on any atom is 0.573 e. The standard InChI is InChI=1S/C12H13F3O3/c1-3-17-11(16)8(2)9-6-4-5-7-10(9)18-12(13,14)15/h4-8H,3H2,1-2H3. The van der Waals surface area contributed by atoms with E-state index in [1.54, 1.807) is 6.92 Å². The van der Waals surface area contributed by atoms with Crippen LogP contribution in [-0.4, -0.2) is 18.9 Å². The van der Waals surface area contributed by atoms with Gasteiger partial charge in [-0.3, -0.25) is 4.79 Å².